The van der Waals surface area contributed by atoms with E-state index in [4.69, 9.17) is 9.47 Å². The van der Waals surface area contributed by atoms with Gasteiger partial charge in [-0.3, -0.25) is 9.21 Å². The third kappa shape index (κ3) is 5.44. The SMILES string of the molecule is COc1ccc(OC)c(CN2CCC(N(c3ccc(F)cc3)S(=O)(=O)c3ccccc3C)CC2)c1. The fourth-order valence-corrected chi connectivity index (χ4v) is 6.58. The lowest BCUT2D eigenvalue weighted by Crippen LogP contribution is -2.47. The highest BCUT2D eigenvalue weighted by Crippen LogP contribution is 2.33. The maximum absolute atomic E-state index is 13.9. The molecule has 1 aliphatic rings. The van der Waals surface area contributed by atoms with Crippen molar-refractivity contribution < 1.29 is 22.3 Å². The van der Waals surface area contributed by atoms with Gasteiger partial charge in [-0.05, 0) is 73.9 Å². The van der Waals surface area contributed by atoms with E-state index >= 15 is 0 Å². The molecule has 0 aromatic heterocycles. The molecule has 0 aliphatic carbocycles. The number of nitrogens with zero attached hydrogens (tertiary/aromatic N) is 2. The lowest BCUT2D eigenvalue weighted by molar-refractivity contribution is 0.204. The largest absolute Gasteiger partial charge is 0.497 e. The van der Waals surface area contributed by atoms with Crippen molar-refractivity contribution in [1.29, 1.82) is 0 Å². The molecule has 4 rings (SSSR count). The molecule has 0 bridgehead atoms. The van der Waals surface area contributed by atoms with E-state index in [0.717, 1.165) is 17.1 Å². The summed E-state index contributed by atoms with van der Waals surface area (Å²) in [5, 5.41) is 0. The van der Waals surface area contributed by atoms with Gasteiger partial charge in [-0.15, -0.1) is 0 Å². The first-order valence-electron chi connectivity index (χ1n) is 11.6. The van der Waals surface area contributed by atoms with Crippen LogP contribution in [0.25, 0.3) is 0 Å². The molecule has 3 aromatic rings. The summed E-state index contributed by atoms with van der Waals surface area (Å²) in [7, 11) is -0.555. The van der Waals surface area contributed by atoms with Crippen molar-refractivity contribution in [3.8, 4) is 11.5 Å². The summed E-state index contributed by atoms with van der Waals surface area (Å²) in [6.45, 7) is 3.89. The van der Waals surface area contributed by atoms with Crippen LogP contribution in [0.2, 0.25) is 0 Å². The van der Waals surface area contributed by atoms with Crippen molar-refractivity contribution in [2.45, 2.75) is 37.2 Å². The molecule has 0 N–H and O–H groups in total. The zero-order valence-corrected chi connectivity index (χ0v) is 21.1. The van der Waals surface area contributed by atoms with Crippen LogP contribution < -0.4 is 13.8 Å². The maximum atomic E-state index is 13.9. The molecule has 6 nitrogen and oxygen atoms in total. The molecule has 1 fully saturated rings. The number of hydrogen-bond acceptors (Lipinski definition) is 5. The second kappa shape index (κ2) is 10.7. The first-order valence-corrected chi connectivity index (χ1v) is 13.1. The van der Waals surface area contributed by atoms with Gasteiger partial charge in [-0.2, -0.15) is 0 Å². The summed E-state index contributed by atoms with van der Waals surface area (Å²) < 4.78 is 53.7. The van der Waals surface area contributed by atoms with Crippen LogP contribution in [-0.4, -0.2) is 46.7 Å². The van der Waals surface area contributed by atoms with Crippen LogP contribution in [0.15, 0.2) is 71.6 Å². The number of ether oxygens (including phenoxy) is 2. The van der Waals surface area contributed by atoms with Crippen LogP contribution in [0.4, 0.5) is 10.1 Å². The van der Waals surface area contributed by atoms with Gasteiger partial charge in [-0.25, -0.2) is 12.8 Å². The van der Waals surface area contributed by atoms with Gasteiger partial charge >= 0.3 is 0 Å². The van der Waals surface area contributed by atoms with Crippen molar-refractivity contribution in [1.82, 2.24) is 4.90 Å². The molecule has 186 valence electrons. The van der Waals surface area contributed by atoms with E-state index in [1.165, 1.54) is 16.4 Å². The standard InChI is InChI=1S/C27H31FN2O4S/c1-20-6-4-5-7-27(20)35(31,32)30(23-10-8-22(28)9-11-23)24-14-16-29(17-15-24)19-21-18-25(33-2)12-13-26(21)34-3/h4-13,18,24H,14-17,19H2,1-3H3. The quantitative estimate of drug-likeness (QED) is 0.437. The summed E-state index contributed by atoms with van der Waals surface area (Å²) in [6.07, 6.45) is 1.30. The zero-order valence-electron chi connectivity index (χ0n) is 20.3. The molecule has 1 heterocycles. The molecule has 0 unspecified atom stereocenters. The number of benzene rings is 3. The second-order valence-corrected chi connectivity index (χ2v) is 10.5. The van der Waals surface area contributed by atoms with Gasteiger partial charge in [0.15, 0.2) is 0 Å². The predicted octanol–water partition coefficient (Wildman–Crippen LogP) is 5.01. The smallest absolute Gasteiger partial charge is 0.264 e. The third-order valence-corrected chi connectivity index (χ3v) is 8.52. The average Bonchev–Trinajstić information content (AvgIpc) is 2.86. The van der Waals surface area contributed by atoms with E-state index < -0.39 is 15.8 Å². The molecular formula is C27H31FN2O4S. The van der Waals surface area contributed by atoms with E-state index in [9.17, 15) is 12.8 Å². The van der Waals surface area contributed by atoms with Gasteiger partial charge < -0.3 is 9.47 Å². The molecule has 0 spiro atoms. The van der Waals surface area contributed by atoms with E-state index in [0.29, 0.717) is 43.7 Å². The first kappa shape index (κ1) is 25.0. The Bertz CT molecular complexity index is 1260. The number of methoxy groups -OCH3 is 2. The van der Waals surface area contributed by atoms with Crippen molar-refractivity contribution in [3.63, 3.8) is 0 Å². The summed E-state index contributed by atoms with van der Waals surface area (Å²) in [5.41, 5.74) is 2.18. The highest BCUT2D eigenvalue weighted by atomic mass is 32.2. The highest BCUT2D eigenvalue weighted by molar-refractivity contribution is 7.93. The molecule has 0 saturated carbocycles. The van der Waals surface area contributed by atoms with E-state index in [-0.39, 0.29) is 10.9 Å². The minimum atomic E-state index is -3.84. The number of piperidine rings is 1. The van der Waals surface area contributed by atoms with Gasteiger partial charge in [0.05, 0.1) is 24.8 Å². The van der Waals surface area contributed by atoms with Gasteiger partial charge in [0.1, 0.15) is 17.3 Å². The summed E-state index contributed by atoms with van der Waals surface area (Å²) >= 11 is 0. The molecule has 8 heteroatoms. The zero-order chi connectivity index (χ0) is 25.0. The Balaban J connectivity index is 1.58. The van der Waals surface area contributed by atoms with Crippen molar-refractivity contribution in [2.75, 3.05) is 31.6 Å². The number of sulfonamides is 1. The molecule has 0 atom stereocenters. The van der Waals surface area contributed by atoms with Crippen LogP contribution >= 0.6 is 0 Å². The summed E-state index contributed by atoms with van der Waals surface area (Å²) in [5.74, 6) is 1.16. The molecule has 1 saturated heterocycles. The first-order chi connectivity index (χ1) is 16.8. The van der Waals surface area contributed by atoms with Crippen LogP contribution in [0.3, 0.4) is 0 Å². The fraction of sp³-hybridized carbons (Fsp3) is 0.333. The van der Waals surface area contributed by atoms with Gasteiger partial charge in [0.2, 0.25) is 0 Å². The van der Waals surface area contributed by atoms with Gasteiger partial charge in [0, 0.05) is 31.2 Å². The molecule has 35 heavy (non-hydrogen) atoms. The number of rotatable bonds is 8. The molecule has 1 aliphatic heterocycles. The Morgan fingerprint density at radius 3 is 2.29 bits per heavy atom. The fourth-order valence-electron chi connectivity index (χ4n) is 4.64. The Kier molecular flexibility index (Phi) is 7.62. The van der Waals surface area contributed by atoms with Crippen LogP contribution in [0.1, 0.15) is 24.0 Å². The predicted molar refractivity (Wildman–Crippen MR) is 135 cm³/mol. The van der Waals surface area contributed by atoms with Crippen LogP contribution in [0, 0.1) is 12.7 Å². The van der Waals surface area contributed by atoms with E-state index in [1.54, 1.807) is 51.5 Å². The molecule has 0 radical (unpaired) electrons. The van der Waals surface area contributed by atoms with Crippen molar-refractivity contribution in [3.05, 3.63) is 83.7 Å². The monoisotopic (exact) mass is 498 g/mol. The maximum Gasteiger partial charge on any atom is 0.264 e. The number of likely N-dealkylation sites (tertiary alicyclic amines) is 1. The van der Waals surface area contributed by atoms with Crippen LogP contribution in [-0.2, 0) is 16.6 Å². The minimum absolute atomic E-state index is 0.242. The van der Waals surface area contributed by atoms with E-state index in [1.807, 2.05) is 24.3 Å². The minimum Gasteiger partial charge on any atom is -0.497 e. The average molecular weight is 499 g/mol. The topological polar surface area (TPSA) is 59.1 Å². The van der Waals surface area contributed by atoms with Crippen molar-refractivity contribution in [2.24, 2.45) is 0 Å². The normalized spacial score (nSPS) is 15.1. The Morgan fingerprint density at radius 1 is 0.971 bits per heavy atom. The second-order valence-electron chi connectivity index (χ2n) is 8.73. The van der Waals surface area contributed by atoms with E-state index in [2.05, 4.69) is 4.90 Å². The van der Waals surface area contributed by atoms with Gasteiger partial charge in [-0.1, -0.05) is 18.2 Å². The molecule has 3 aromatic carbocycles. The lowest BCUT2D eigenvalue weighted by atomic mass is 10.0. The highest BCUT2D eigenvalue weighted by Gasteiger charge is 2.35. The van der Waals surface area contributed by atoms with Crippen LogP contribution in [0.5, 0.6) is 11.5 Å². The number of aryl methyl sites for hydroxylation is 1. The molecular weight excluding hydrogens is 467 g/mol. The third-order valence-electron chi connectivity index (χ3n) is 6.48. The van der Waals surface area contributed by atoms with Gasteiger partial charge in [0.25, 0.3) is 10.0 Å². The Labute approximate surface area is 206 Å². The molecule has 0 amide bonds. The Hall–Kier alpha value is -3.10. The lowest BCUT2D eigenvalue weighted by Gasteiger charge is -2.39. The number of hydrogen-bond donors (Lipinski definition) is 0. The number of halogens is 1. The number of anilines is 1. The summed E-state index contributed by atoms with van der Waals surface area (Å²) in [6, 6.07) is 18.2. The Morgan fingerprint density at radius 2 is 1.66 bits per heavy atom. The van der Waals surface area contributed by atoms with Crippen molar-refractivity contribution >= 4 is 15.7 Å². The summed E-state index contributed by atoms with van der Waals surface area (Å²) in [4.78, 5) is 2.56.